The predicted molar refractivity (Wildman–Crippen MR) is 107 cm³/mol. The molecule has 6 heteroatoms. The highest BCUT2D eigenvalue weighted by molar-refractivity contribution is 5.94. The van der Waals surface area contributed by atoms with E-state index in [0.717, 1.165) is 38.2 Å². The van der Waals surface area contributed by atoms with Crippen LogP contribution >= 0.6 is 0 Å². The predicted octanol–water partition coefficient (Wildman–Crippen LogP) is 2.77. The molecule has 1 fully saturated rings. The monoisotopic (exact) mass is 368 g/mol. The molecular formula is C21H28N4O2. The van der Waals surface area contributed by atoms with Gasteiger partial charge in [-0.25, -0.2) is 4.98 Å². The zero-order valence-corrected chi connectivity index (χ0v) is 16.1. The van der Waals surface area contributed by atoms with Crippen LogP contribution in [0.15, 0.2) is 36.5 Å². The summed E-state index contributed by atoms with van der Waals surface area (Å²) in [6, 6.07) is 9.98. The number of carbonyl (C=O) groups is 1. The molecule has 0 unspecified atom stereocenters. The van der Waals surface area contributed by atoms with Gasteiger partial charge < -0.3 is 15.8 Å². The molecule has 6 nitrogen and oxygen atoms in total. The normalized spacial score (nSPS) is 15.5. The number of nitrogens with one attached hydrogen (secondary N) is 1. The molecule has 0 spiro atoms. The van der Waals surface area contributed by atoms with Gasteiger partial charge in [-0.1, -0.05) is 12.1 Å². The number of amides is 1. The van der Waals surface area contributed by atoms with Gasteiger partial charge in [-0.05, 0) is 56.0 Å². The van der Waals surface area contributed by atoms with E-state index in [1.54, 1.807) is 12.1 Å². The Kier molecular flexibility index (Phi) is 6.29. The number of likely N-dealkylation sites (tertiary alicyclic amines) is 1. The third-order valence-electron chi connectivity index (χ3n) is 4.93. The number of nitrogens with two attached hydrogens (primary N) is 1. The minimum absolute atomic E-state index is 0.0826. The lowest BCUT2D eigenvalue weighted by molar-refractivity contribution is 0.0908. The number of benzene rings is 1. The van der Waals surface area contributed by atoms with Crippen LogP contribution in [0, 0.1) is 6.92 Å². The fourth-order valence-electron chi connectivity index (χ4n) is 3.36. The van der Waals surface area contributed by atoms with Crippen molar-refractivity contribution in [2.24, 2.45) is 0 Å². The molecule has 144 valence electrons. The van der Waals surface area contributed by atoms with Crippen molar-refractivity contribution in [2.45, 2.75) is 39.3 Å². The van der Waals surface area contributed by atoms with Crippen LogP contribution < -0.4 is 15.8 Å². The van der Waals surface area contributed by atoms with Gasteiger partial charge in [0.25, 0.3) is 5.91 Å². The van der Waals surface area contributed by atoms with Gasteiger partial charge in [0.15, 0.2) is 0 Å². The first-order valence-electron chi connectivity index (χ1n) is 9.52. The average Bonchev–Trinajstić information content (AvgIpc) is 2.67. The van der Waals surface area contributed by atoms with E-state index in [4.69, 9.17) is 10.5 Å². The smallest absolute Gasteiger partial charge is 0.253 e. The van der Waals surface area contributed by atoms with E-state index in [1.165, 1.54) is 17.3 Å². The van der Waals surface area contributed by atoms with E-state index >= 15 is 0 Å². The van der Waals surface area contributed by atoms with E-state index in [2.05, 4.69) is 40.3 Å². The van der Waals surface area contributed by atoms with Gasteiger partial charge in [0.2, 0.25) is 0 Å². The fourth-order valence-corrected chi connectivity index (χ4v) is 3.36. The lowest BCUT2D eigenvalue weighted by atomic mass is 10.0. The van der Waals surface area contributed by atoms with Crippen molar-refractivity contribution >= 4 is 11.7 Å². The third kappa shape index (κ3) is 5.20. The number of carbonyl (C=O) groups excluding carboxylic acids is 1. The van der Waals surface area contributed by atoms with Crippen LogP contribution in [0.5, 0.6) is 5.75 Å². The molecule has 3 rings (SSSR count). The number of nitrogen functional groups attached to an aromatic ring is 1. The minimum Gasteiger partial charge on any atom is -0.494 e. The van der Waals surface area contributed by atoms with Crippen LogP contribution in [0.4, 0.5) is 5.82 Å². The largest absolute Gasteiger partial charge is 0.494 e. The van der Waals surface area contributed by atoms with Gasteiger partial charge >= 0.3 is 0 Å². The number of anilines is 1. The standard InChI is InChI=1S/C21H28N4O2/c1-3-27-19-12-16(5-4-15(19)2)14-25-10-8-18(9-11-25)24-21(26)17-6-7-20(22)23-13-17/h4-7,12-13,18H,3,8-11,14H2,1-2H3,(H2,22,23)(H,24,26). The maximum Gasteiger partial charge on any atom is 0.253 e. The van der Waals surface area contributed by atoms with Crippen molar-refractivity contribution in [3.8, 4) is 5.75 Å². The minimum atomic E-state index is -0.0826. The zero-order chi connectivity index (χ0) is 19.2. The molecule has 1 aliphatic heterocycles. The van der Waals surface area contributed by atoms with Crippen LogP contribution in [0.1, 0.15) is 41.3 Å². The number of ether oxygens (including phenoxy) is 1. The Bertz CT molecular complexity index is 768. The topological polar surface area (TPSA) is 80.5 Å². The van der Waals surface area contributed by atoms with Crippen LogP contribution in [0.25, 0.3) is 0 Å². The maximum absolute atomic E-state index is 12.3. The number of nitrogens with zero attached hydrogens (tertiary/aromatic N) is 2. The molecule has 1 aliphatic rings. The Balaban J connectivity index is 1.49. The van der Waals surface area contributed by atoms with Gasteiger partial charge in [0.1, 0.15) is 11.6 Å². The van der Waals surface area contributed by atoms with E-state index in [-0.39, 0.29) is 11.9 Å². The number of hydrogen-bond acceptors (Lipinski definition) is 5. The van der Waals surface area contributed by atoms with Gasteiger partial charge in [0, 0.05) is 31.9 Å². The number of piperidine rings is 1. The summed E-state index contributed by atoms with van der Waals surface area (Å²) in [5, 5.41) is 3.11. The molecule has 1 amide bonds. The second kappa shape index (κ2) is 8.86. The zero-order valence-electron chi connectivity index (χ0n) is 16.1. The fraction of sp³-hybridized carbons (Fsp3) is 0.429. The molecule has 2 aromatic rings. The van der Waals surface area contributed by atoms with E-state index < -0.39 is 0 Å². The summed E-state index contributed by atoms with van der Waals surface area (Å²) in [6.45, 7) is 7.58. The summed E-state index contributed by atoms with van der Waals surface area (Å²) in [5.41, 5.74) is 8.55. The first-order chi connectivity index (χ1) is 13.0. The van der Waals surface area contributed by atoms with Crippen molar-refractivity contribution in [1.82, 2.24) is 15.2 Å². The second-order valence-corrected chi connectivity index (χ2v) is 7.03. The van der Waals surface area contributed by atoms with Gasteiger partial charge in [-0.15, -0.1) is 0 Å². The highest BCUT2D eigenvalue weighted by Gasteiger charge is 2.21. The molecule has 0 radical (unpaired) electrons. The highest BCUT2D eigenvalue weighted by atomic mass is 16.5. The average molecular weight is 368 g/mol. The molecule has 0 bridgehead atoms. The summed E-state index contributed by atoms with van der Waals surface area (Å²) in [7, 11) is 0. The number of aryl methyl sites for hydroxylation is 1. The molecule has 1 saturated heterocycles. The molecule has 1 aromatic carbocycles. The first kappa shape index (κ1) is 19.2. The number of aromatic nitrogens is 1. The Hall–Kier alpha value is -2.60. The van der Waals surface area contributed by atoms with Crippen LogP contribution in [-0.2, 0) is 6.54 Å². The molecule has 0 atom stereocenters. The van der Waals surface area contributed by atoms with Crippen LogP contribution in [0.3, 0.4) is 0 Å². The lowest BCUT2D eigenvalue weighted by Gasteiger charge is -2.32. The summed E-state index contributed by atoms with van der Waals surface area (Å²) in [4.78, 5) is 18.7. The molecule has 1 aromatic heterocycles. The summed E-state index contributed by atoms with van der Waals surface area (Å²) < 4.78 is 5.70. The van der Waals surface area contributed by atoms with E-state index in [9.17, 15) is 4.79 Å². The quantitative estimate of drug-likeness (QED) is 0.819. The van der Waals surface area contributed by atoms with Crippen LogP contribution in [-0.4, -0.2) is 41.5 Å². The number of rotatable bonds is 6. The maximum atomic E-state index is 12.3. The Morgan fingerprint density at radius 2 is 2.07 bits per heavy atom. The summed E-state index contributed by atoms with van der Waals surface area (Å²) in [5.74, 6) is 1.30. The Morgan fingerprint density at radius 1 is 1.30 bits per heavy atom. The summed E-state index contributed by atoms with van der Waals surface area (Å²) >= 11 is 0. The van der Waals surface area contributed by atoms with Gasteiger partial charge in [-0.2, -0.15) is 0 Å². The number of pyridine rings is 1. The highest BCUT2D eigenvalue weighted by Crippen LogP contribution is 2.22. The van der Waals surface area contributed by atoms with Crippen LogP contribution in [0.2, 0.25) is 0 Å². The SMILES string of the molecule is CCOc1cc(CN2CCC(NC(=O)c3ccc(N)nc3)CC2)ccc1C. The summed E-state index contributed by atoms with van der Waals surface area (Å²) in [6.07, 6.45) is 3.41. The molecule has 0 saturated carbocycles. The van der Waals surface area contributed by atoms with Crippen molar-refractivity contribution in [3.63, 3.8) is 0 Å². The van der Waals surface area contributed by atoms with E-state index in [1.807, 2.05) is 6.92 Å². The Labute approximate surface area is 160 Å². The first-order valence-corrected chi connectivity index (χ1v) is 9.52. The molecular weight excluding hydrogens is 340 g/mol. The third-order valence-corrected chi connectivity index (χ3v) is 4.93. The molecule has 2 heterocycles. The molecule has 27 heavy (non-hydrogen) atoms. The van der Waals surface area contributed by atoms with Crippen molar-refractivity contribution in [1.29, 1.82) is 0 Å². The Morgan fingerprint density at radius 3 is 2.74 bits per heavy atom. The number of hydrogen-bond donors (Lipinski definition) is 2. The van der Waals surface area contributed by atoms with Gasteiger partial charge in [0.05, 0.1) is 12.2 Å². The lowest BCUT2D eigenvalue weighted by Crippen LogP contribution is -2.44. The van der Waals surface area contributed by atoms with Crippen molar-refractivity contribution in [2.75, 3.05) is 25.4 Å². The van der Waals surface area contributed by atoms with Crippen molar-refractivity contribution in [3.05, 3.63) is 53.2 Å². The molecule has 0 aliphatic carbocycles. The van der Waals surface area contributed by atoms with Gasteiger partial charge in [-0.3, -0.25) is 9.69 Å². The van der Waals surface area contributed by atoms with E-state index in [0.29, 0.717) is 18.0 Å². The second-order valence-electron chi connectivity index (χ2n) is 7.03. The molecule has 3 N–H and O–H groups in total. The van der Waals surface area contributed by atoms with Crippen molar-refractivity contribution < 1.29 is 9.53 Å².